The molecule has 1 aliphatic heterocycles. The fraction of sp³-hybridized carbons (Fsp3) is 0.609. The second-order valence-electron chi connectivity index (χ2n) is 7.36. The molecule has 0 spiro atoms. The van der Waals surface area contributed by atoms with Gasteiger partial charge in [-0.05, 0) is 43.3 Å². The summed E-state index contributed by atoms with van der Waals surface area (Å²) in [7, 11) is 1.00. The minimum atomic E-state index is -0.0117. The fourth-order valence-corrected chi connectivity index (χ4v) is 3.12. The maximum atomic E-state index is 7.00. The second-order valence-corrected chi connectivity index (χ2v) is 7.36. The van der Waals surface area contributed by atoms with Crippen LogP contribution in [0, 0.1) is 11.8 Å². The molecule has 0 amide bonds. The highest BCUT2D eigenvalue weighted by atomic mass is 16.5. The molecule has 164 valence electrons. The number of hydrazine groups is 2. The van der Waals surface area contributed by atoms with Gasteiger partial charge in [0.1, 0.15) is 6.10 Å². The van der Waals surface area contributed by atoms with Gasteiger partial charge in [0, 0.05) is 26.3 Å². The van der Waals surface area contributed by atoms with Gasteiger partial charge in [-0.2, -0.15) is 0 Å². The predicted molar refractivity (Wildman–Crippen MR) is 122 cm³/mol. The average Bonchev–Trinajstić information content (AvgIpc) is 3.12. The lowest BCUT2D eigenvalue weighted by molar-refractivity contribution is 0.146. The zero-order chi connectivity index (χ0) is 21.8. The first kappa shape index (κ1) is 25.0. The van der Waals surface area contributed by atoms with Crippen molar-refractivity contribution < 1.29 is 9.84 Å². The second kappa shape index (κ2) is 13.2. The molecule has 0 aromatic carbocycles. The van der Waals surface area contributed by atoms with Crippen LogP contribution in [-0.4, -0.2) is 36.1 Å². The van der Waals surface area contributed by atoms with Gasteiger partial charge in [-0.15, -0.1) is 5.53 Å². The van der Waals surface area contributed by atoms with Gasteiger partial charge in [0.2, 0.25) is 5.88 Å². The summed E-state index contributed by atoms with van der Waals surface area (Å²) < 4.78 is 6.20. The predicted octanol–water partition coefficient (Wildman–Crippen LogP) is 4.45. The number of aliphatic hydroxyl groups is 1. The summed E-state index contributed by atoms with van der Waals surface area (Å²) in [5, 5.41) is 9.23. The highest BCUT2D eigenvalue weighted by molar-refractivity contribution is 5.71. The van der Waals surface area contributed by atoms with E-state index in [2.05, 4.69) is 60.5 Å². The zero-order valence-corrected chi connectivity index (χ0v) is 19.0. The van der Waals surface area contributed by atoms with Gasteiger partial charge in [-0.25, -0.2) is 4.99 Å². The molecule has 1 atom stereocenters. The number of aliphatic imine (C=N–C) groups is 1. The number of allylic oxidation sites excluding steroid dienone is 2. The van der Waals surface area contributed by atoms with Crippen LogP contribution in [0.1, 0.15) is 60.3 Å². The molecule has 3 N–H and O–H groups in total. The van der Waals surface area contributed by atoms with E-state index in [1.54, 1.807) is 12.3 Å². The van der Waals surface area contributed by atoms with E-state index >= 15 is 0 Å². The number of hydrogen-bond donors (Lipinski definition) is 3. The van der Waals surface area contributed by atoms with E-state index in [9.17, 15) is 0 Å². The molecule has 1 heterocycles. The number of ether oxygens (including phenoxy) is 1. The number of nitrogens with one attached hydrogen (secondary N) is 2. The van der Waals surface area contributed by atoms with Crippen LogP contribution in [0.5, 0.6) is 0 Å². The van der Waals surface area contributed by atoms with Crippen molar-refractivity contribution >= 4 is 6.21 Å². The highest BCUT2D eigenvalue weighted by Gasteiger charge is 2.30. The number of nitrogens with zero attached hydrogens (tertiary/aromatic N) is 2. The first-order chi connectivity index (χ1) is 14.1. The third-order valence-electron chi connectivity index (χ3n) is 5.22. The molecule has 1 saturated heterocycles. The maximum Gasteiger partial charge on any atom is 0.212 e. The Morgan fingerprint density at radius 2 is 2.07 bits per heavy atom. The summed E-state index contributed by atoms with van der Waals surface area (Å²) in [6.07, 6.45) is 12.7. The van der Waals surface area contributed by atoms with Crippen LogP contribution in [0.2, 0.25) is 0 Å². The number of aliphatic hydroxyl groups excluding tert-OH is 1. The Bertz CT molecular complexity index is 631. The van der Waals surface area contributed by atoms with Crippen molar-refractivity contribution in [1.82, 2.24) is 16.0 Å². The van der Waals surface area contributed by atoms with Gasteiger partial charge in [0.05, 0.1) is 11.4 Å². The fourth-order valence-electron chi connectivity index (χ4n) is 3.12. The Morgan fingerprint density at radius 3 is 2.62 bits per heavy atom. The Kier molecular flexibility index (Phi) is 11.4. The molecule has 29 heavy (non-hydrogen) atoms. The average molecular weight is 405 g/mol. The molecule has 0 aromatic rings. The SMILES string of the molecule is C=C/C=N\C(OC1C=C2NNN(CC3CCC3)C2=CC1)=C(/C)C(C)C.CC.CO. The first-order valence-corrected chi connectivity index (χ1v) is 10.8. The van der Waals surface area contributed by atoms with E-state index in [1.165, 1.54) is 25.0 Å². The minimum Gasteiger partial charge on any atom is -0.470 e. The highest BCUT2D eigenvalue weighted by Crippen LogP contribution is 2.32. The zero-order valence-electron chi connectivity index (χ0n) is 19.0. The molecule has 1 saturated carbocycles. The molecule has 0 aromatic heterocycles. The lowest BCUT2D eigenvalue weighted by atomic mass is 9.85. The van der Waals surface area contributed by atoms with Crippen LogP contribution in [0.25, 0.3) is 0 Å². The van der Waals surface area contributed by atoms with Gasteiger partial charge >= 0.3 is 0 Å². The minimum absolute atomic E-state index is 0.0117. The summed E-state index contributed by atoms with van der Waals surface area (Å²) in [4.78, 5) is 4.43. The van der Waals surface area contributed by atoms with E-state index in [4.69, 9.17) is 9.84 Å². The van der Waals surface area contributed by atoms with Crippen molar-refractivity contribution in [3.63, 3.8) is 0 Å². The van der Waals surface area contributed by atoms with Crippen LogP contribution in [0.4, 0.5) is 0 Å². The Morgan fingerprint density at radius 1 is 1.38 bits per heavy atom. The van der Waals surface area contributed by atoms with E-state index in [1.807, 2.05) is 13.8 Å². The van der Waals surface area contributed by atoms with Crippen LogP contribution in [0.3, 0.4) is 0 Å². The van der Waals surface area contributed by atoms with Crippen molar-refractivity contribution in [3.8, 4) is 0 Å². The van der Waals surface area contributed by atoms with Crippen LogP contribution >= 0.6 is 0 Å². The molecule has 1 unspecified atom stereocenters. The molecule has 2 fully saturated rings. The molecular weight excluding hydrogens is 364 g/mol. The smallest absolute Gasteiger partial charge is 0.212 e. The van der Waals surface area contributed by atoms with Gasteiger partial charge < -0.3 is 15.3 Å². The number of rotatable bonds is 7. The molecular formula is C23H40N4O2. The third kappa shape index (κ3) is 7.05. The van der Waals surface area contributed by atoms with Crippen molar-refractivity contribution in [3.05, 3.63) is 47.7 Å². The molecule has 3 aliphatic rings. The van der Waals surface area contributed by atoms with E-state index in [0.717, 1.165) is 37.3 Å². The molecule has 0 radical (unpaired) electrons. The van der Waals surface area contributed by atoms with E-state index in [0.29, 0.717) is 11.8 Å². The molecule has 2 aliphatic carbocycles. The standard InChI is InChI=1S/C20H30N4O.C2H6.CH4O/c1-5-11-21-20(15(4)14(2)3)25-17-9-10-19-18(12-17)22-23-24(19)13-16-7-6-8-16;2*1-2/h5,10-12,14,16-17,22-23H,1,6-9,13H2,2-4H3;1-2H3;2H,1H3/b20-15-,21-11-;;. The van der Waals surface area contributed by atoms with Crippen LogP contribution in [0.15, 0.2) is 52.6 Å². The Labute approximate surface area is 177 Å². The quantitative estimate of drug-likeness (QED) is 0.432. The number of fused-ring (bicyclic) bond motifs is 1. The largest absolute Gasteiger partial charge is 0.470 e. The van der Waals surface area contributed by atoms with Crippen molar-refractivity contribution in [2.45, 2.75) is 66.4 Å². The normalized spacial score (nSPS) is 21.4. The van der Waals surface area contributed by atoms with Gasteiger partial charge in [-0.3, -0.25) is 5.01 Å². The summed E-state index contributed by atoms with van der Waals surface area (Å²) >= 11 is 0. The Hall–Kier alpha value is -2.05. The van der Waals surface area contributed by atoms with Crippen molar-refractivity contribution in [2.24, 2.45) is 16.8 Å². The van der Waals surface area contributed by atoms with Gasteiger partial charge in [0.15, 0.2) is 0 Å². The van der Waals surface area contributed by atoms with E-state index in [-0.39, 0.29) is 6.10 Å². The first-order valence-electron chi connectivity index (χ1n) is 10.8. The van der Waals surface area contributed by atoms with Gasteiger partial charge in [0.25, 0.3) is 0 Å². The van der Waals surface area contributed by atoms with Gasteiger partial charge in [-0.1, -0.05) is 52.8 Å². The van der Waals surface area contributed by atoms with Crippen molar-refractivity contribution in [1.29, 1.82) is 0 Å². The van der Waals surface area contributed by atoms with Crippen LogP contribution < -0.4 is 11.0 Å². The lowest BCUT2D eigenvalue weighted by Gasteiger charge is -2.31. The Balaban J connectivity index is 0.000000989. The molecule has 0 bridgehead atoms. The third-order valence-corrected chi connectivity index (χ3v) is 5.22. The summed E-state index contributed by atoms with van der Waals surface area (Å²) in [5.74, 6) is 1.91. The van der Waals surface area contributed by atoms with E-state index < -0.39 is 0 Å². The summed E-state index contributed by atoms with van der Waals surface area (Å²) in [5.41, 5.74) is 10.1. The summed E-state index contributed by atoms with van der Waals surface area (Å²) in [6.45, 7) is 15.2. The number of hydrogen-bond acceptors (Lipinski definition) is 6. The van der Waals surface area contributed by atoms with Crippen LogP contribution in [-0.2, 0) is 4.74 Å². The maximum absolute atomic E-state index is 7.00. The lowest BCUT2D eigenvalue weighted by Crippen LogP contribution is -2.39. The van der Waals surface area contributed by atoms with Crippen molar-refractivity contribution in [2.75, 3.05) is 13.7 Å². The monoisotopic (exact) mass is 404 g/mol. The molecule has 6 nitrogen and oxygen atoms in total. The topological polar surface area (TPSA) is 69.1 Å². The summed E-state index contributed by atoms with van der Waals surface area (Å²) in [6, 6.07) is 0. The molecule has 3 rings (SSSR count). The molecule has 6 heteroatoms.